The highest BCUT2D eigenvalue weighted by Crippen LogP contribution is 2.42. The standard InChI is InChI=1S/2C56H36N4/c1-3-11-37(12-4-1)38-25-27-43(28-26-38)55-58-54(42-14-5-2-6-15-42)59-56(60-55)48-19-10-17-45(34-48)40-23-21-39(22-24-40)44-16-9-18-46(33-44)49-35-47-30-31-51-50-20-8-7-13-41(50)29-32-52(51)53(47)57-36-49;1-3-13-37(14-4-1)38-29-31-43(32-30-38)55-58-54(42-16-5-2-6-17-42)59-56(60-55)47-21-12-19-45(36-47)40-27-25-39(26-28-40)44-18-11-20-46(35-44)53-52-48-22-8-7-15-41(48)33-34-50(52)49-23-9-10-24-51(49)57-53/h2*1-36H. The van der Waals surface area contributed by atoms with Crippen LogP contribution in [0.3, 0.4) is 0 Å². The van der Waals surface area contributed by atoms with Gasteiger partial charge in [0, 0.05) is 72.2 Å². The van der Waals surface area contributed by atoms with Crippen molar-refractivity contribution in [2.24, 2.45) is 0 Å². The molecule has 0 radical (unpaired) electrons. The van der Waals surface area contributed by atoms with Gasteiger partial charge in [-0.3, -0.25) is 4.98 Å². The summed E-state index contributed by atoms with van der Waals surface area (Å²) in [7, 11) is 0. The van der Waals surface area contributed by atoms with Crippen LogP contribution in [-0.4, -0.2) is 39.9 Å². The molecule has 120 heavy (non-hydrogen) atoms. The van der Waals surface area contributed by atoms with Crippen LogP contribution in [0.2, 0.25) is 0 Å². The minimum Gasteiger partial charge on any atom is -0.255 e. The van der Waals surface area contributed by atoms with E-state index < -0.39 is 0 Å². The fraction of sp³-hybridized carbons (Fsp3) is 0. The molecule has 0 unspecified atom stereocenters. The van der Waals surface area contributed by atoms with Gasteiger partial charge in [0.25, 0.3) is 0 Å². The molecule has 22 rings (SSSR count). The summed E-state index contributed by atoms with van der Waals surface area (Å²) in [6, 6.07) is 151. The minimum atomic E-state index is 0.629. The Morgan fingerprint density at radius 3 is 0.900 bits per heavy atom. The van der Waals surface area contributed by atoms with Crippen LogP contribution in [-0.2, 0) is 0 Å². The molecule has 8 heteroatoms. The molecule has 0 saturated carbocycles. The molecule has 0 atom stereocenters. The molecule has 0 aliphatic heterocycles. The Kier molecular flexibility index (Phi) is 18.8. The van der Waals surface area contributed by atoms with E-state index in [-0.39, 0.29) is 0 Å². The Labute approximate surface area is 694 Å². The molecule has 0 spiro atoms. The number of rotatable bonds is 14. The average molecular weight is 1530 g/mol. The zero-order chi connectivity index (χ0) is 79.7. The maximum absolute atomic E-state index is 5.29. The highest BCUT2D eigenvalue weighted by Gasteiger charge is 2.20. The minimum absolute atomic E-state index is 0.629. The van der Waals surface area contributed by atoms with E-state index in [1.807, 2.05) is 79.0 Å². The fourth-order valence-electron chi connectivity index (χ4n) is 16.5. The number of hydrogen-bond donors (Lipinski definition) is 0. The fourth-order valence-corrected chi connectivity index (χ4v) is 16.5. The lowest BCUT2D eigenvalue weighted by Crippen LogP contribution is -2.00. The van der Waals surface area contributed by atoms with Gasteiger partial charge in [0.15, 0.2) is 34.9 Å². The van der Waals surface area contributed by atoms with E-state index in [4.69, 9.17) is 39.9 Å². The molecule has 0 fully saturated rings. The van der Waals surface area contributed by atoms with Crippen molar-refractivity contribution in [3.05, 3.63) is 437 Å². The first-order valence-electron chi connectivity index (χ1n) is 40.4. The zero-order valence-electron chi connectivity index (χ0n) is 65.1. The first kappa shape index (κ1) is 71.6. The van der Waals surface area contributed by atoms with Crippen LogP contribution in [0.1, 0.15) is 0 Å². The summed E-state index contributed by atoms with van der Waals surface area (Å²) in [5.41, 5.74) is 25.6. The lowest BCUT2D eigenvalue weighted by Gasteiger charge is -2.14. The molecular weight excluding hydrogens is 1460 g/mol. The van der Waals surface area contributed by atoms with Gasteiger partial charge in [0.1, 0.15) is 0 Å². The number of aromatic nitrogens is 8. The van der Waals surface area contributed by atoms with E-state index in [1.54, 1.807) is 0 Å². The van der Waals surface area contributed by atoms with Crippen molar-refractivity contribution < 1.29 is 0 Å². The quantitative estimate of drug-likeness (QED) is 0.0992. The van der Waals surface area contributed by atoms with Crippen LogP contribution in [0, 0.1) is 0 Å². The van der Waals surface area contributed by atoms with Crippen molar-refractivity contribution in [3.63, 3.8) is 0 Å². The number of fused-ring (bicyclic) bond motifs is 10. The number of hydrogen-bond acceptors (Lipinski definition) is 8. The summed E-state index contributed by atoms with van der Waals surface area (Å²) in [6.45, 7) is 0. The summed E-state index contributed by atoms with van der Waals surface area (Å²) in [6.07, 6.45) is 2.01. The molecule has 0 amide bonds. The molecule has 4 heterocycles. The largest absolute Gasteiger partial charge is 0.255 e. The molecule has 22 aromatic rings. The Morgan fingerprint density at radius 1 is 0.142 bits per heavy atom. The van der Waals surface area contributed by atoms with Crippen molar-refractivity contribution in [2.75, 3.05) is 0 Å². The topological polar surface area (TPSA) is 103 Å². The molecule has 4 aromatic heterocycles. The average Bonchev–Trinajstić information content (AvgIpc) is 0.739. The molecule has 0 bridgehead atoms. The van der Waals surface area contributed by atoms with Crippen LogP contribution >= 0.6 is 0 Å². The first-order valence-corrected chi connectivity index (χ1v) is 40.4. The van der Waals surface area contributed by atoms with Crippen LogP contribution < -0.4 is 0 Å². The van der Waals surface area contributed by atoms with E-state index in [0.717, 1.165) is 128 Å². The monoisotopic (exact) mass is 1530 g/mol. The van der Waals surface area contributed by atoms with E-state index in [0.29, 0.717) is 34.9 Å². The molecule has 0 aliphatic rings. The normalized spacial score (nSPS) is 11.3. The third-order valence-corrected chi connectivity index (χ3v) is 22.7. The third kappa shape index (κ3) is 14.3. The van der Waals surface area contributed by atoms with Gasteiger partial charge in [-0.25, -0.2) is 34.9 Å². The predicted octanol–water partition coefficient (Wildman–Crippen LogP) is 28.8. The van der Waals surface area contributed by atoms with Gasteiger partial charge < -0.3 is 0 Å². The summed E-state index contributed by atoms with van der Waals surface area (Å²) in [4.78, 5) is 40.3. The van der Waals surface area contributed by atoms with E-state index in [9.17, 15) is 0 Å². The van der Waals surface area contributed by atoms with Gasteiger partial charge in [-0.1, -0.05) is 394 Å². The molecule has 0 aliphatic carbocycles. The van der Waals surface area contributed by atoms with Crippen LogP contribution in [0.25, 0.3) is 222 Å². The second-order valence-corrected chi connectivity index (χ2v) is 30.1. The van der Waals surface area contributed by atoms with Crippen LogP contribution in [0.4, 0.5) is 0 Å². The van der Waals surface area contributed by atoms with Crippen molar-refractivity contribution >= 4 is 64.9 Å². The van der Waals surface area contributed by atoms with E-state index in [1.165, 1.54) is 59.6 Å². The molecule has 18 aromatic carbocycles. The molecule has 0 saturated heterocycles. The number of nitrogens with zero attached hydrogens (tertiary/aromatic N) is 8. The second kappa shape index (κ2) is 31.6. The van der Waals surface area contributed by atoms with Crippen molar-refractivity contribution in [3.8, 4) is 157 Å². The van der Waals surface area contributed by atoms with Crippen LogP contribution in [0.5, 0.6) is 0 Å². The van der Waals surface area contributed by atoms with Gasteiger partial charge in [-0.05, 0) is 141 Å². The smallest absolute Gasteiger partial charge is 0.164 e. The third-order valence-electron chi connectivity index (χ3n) is 22.7. The van der Waals surface area contributed by atoms with E-state index >= 15 is 0 Å². The van der Waals surface area contributed by atoms with Gasteiger partial charge in [0.05, 0.1) is 16.7 Å². The van der Waals surface area contributed by atoms with Crippen LogP contribution in [0.15, 0.2) is 437 Å². The van der Waals surface area contributed by atoms with Gasteiger partial charge in [0.2, 0.25) is 0 Å². The Morgan fingerprint density at radius 2 is 0.433 bits per heavy atom. The summed E-state index contributed by atoms with van der Waals surface area (Å²) in [5.74, 6) is 3.81. The number of benzene rings is 18. The van der Waals surface area contributed by atoms with Crippen molar-refractivity contribution in [2.45, 2.75) is 0 Å². The van der Waals surface area contributed by atoms with Gasteiger partial charge in [-0.15, -0.1) is 0 Å². The Balaban J connectivity index is 0.000000148. The maximum Gasteiger partial charge on any atom is 0.164 e. The van der Waals surface area contributed by atoms with Crippen molar-refractivity contribution in [1.29, 1.82) is 0 Å². The van der Waals surface area contributed by atoms with E-state index in [2.05, 4.69) is 358 Å². The number of pyridine rings is 2. The Hall–Kier alpha value is -16.2. The second-order valence-electron chi connectivity index (χ2n) is 30.1. The molecular formula is C112H72N8. The highest BCUT2D eigenvalue weighted by molar-refractivity contribution is 6.21. The SMILES string of the molecule is c1ccc(-c2ccc(-c3nc(-c4ccccc4)nc(-c4cccc(-c5ccc(-c6cccc(-c7cnc8c(ccc9c%10ccccc%10ccc98)c7)c6)cc5)c4)n3)cc2)cc1.c1ccc(-c2ccc(-c3nc(-c4ccccc4)nc(-c4cccc(-c5ccc(-c6cccc(-c7nc8ccccc8c8ccc9ccccc9c78)c6)cc5)c4)n3)cc2)cc1. The maximum atomic E-state index is 5.29. The lowest BCUT2D eigenvalue weighted by atomic mass is 9.93. The molecule has 0 N–H and O–H groups in total. The number of para-hydroxylation sites is 1. The predicted molar refractivity (Wildman–Crippen MR) is 496 cm³/mol. The Bertz CT molecular complexity index is 7590. The van der Waals surface area contributed by atoms with Gasteiger partial charge in [-0.2, -0.15) is 0 Å². The molecule has 8 nitrogen and oxygen atoms in total. The highest BCUT2D eigenvalue weighted by atomic mass is 15.0. The first-order chi connectivity index (χ1) is 59.4. The lowest BCUT2D eigenvalue weighted by molar-refractivity contribution is 1.07. The van der Waals surface area contributed by atoms with Crippen molar-refractivity contribution in [1.82, 2.24) is 39.9 Å². The molecule has 560 valence electrons. The summed E-state index contributed by atoms with van der Waals surface area (Å²) < 4.78 is 0. The zero-order valence-corrected chi connectivity index (χ0v) is 65.1. The summed E-state index contributed by atoms with van der Waals surface area (Å²) in [5, 5.41) is 12.0. The van der Waals surface area contributed by atoms with Gasteiger partial charge >= 0.3 is 0 Å². The summed E-state index contributed by atoms with van der Waals surface area (Å²) >= 11 is 0.